The standard InChI is InChI=1S/C15H14ClNO4S/c1-3-21-14(19)9(2)17-13(18)12(22-15(17)20)8-10-4-6-11(16)7-5-10/h4-9H,3H2,1-2H3/b12-8-. The van der Waals surface area contributed by atoms with Gasteiger partial charge in [-0.05, 0) is 49.4 Å². The van der Waals surface area contributed by atoms with Crippen LogP contribution >= 0.6 is 23.4 Å². The van der Waals surface area contributed by atoms with E-state index in [0.717, 1.165) is 22.2 Å². The second kappa shape index (κ2) is 6.98. The molecule has 1 unspecified atom stereocenters. The Balaban J connectivity index is 2.21. The molecule has 5 nitrogen and oxygen atoms in total. The molecular weight excluding hydrogens is 326 g/mol. The van der Waals surface area contributed by atoms with Gasteiger partial charge in [0.25, 0.3) is 11.1 Å². The number of carbonyl (C=O) groups excluding carboxylic acids is 3. The number of benzene rings is 1. The quantitative estimate of drug-likeness (QED) is 0.622. The van der Waals surface area contributed by atoms with Crippen LogP contribution in [-0.4, -0.2) is 34.7 Å². The Labute approximate surface area is 137 Å². The largest absolute Gasteiger partial charge is 0.464 e. The SMILES string of the molecule is CCOC(=O)C(C)N1C(=O)S/C(=C\c2ccc(Cl)cc2)C1=O. The molecule has 0 radical (unpaired) electrons. The molecule has 2 amide bonds. The Kier molecular flexibility index (Phi) is 5.26. The molecule has 1 aromatic carbocycles. The molecule has 0 N–H and O–H groups in total. The lowest BCUT2D eigenvalue weighted by atomic mass is 10.2. The summed E-state index contributed by atoms with van der Waals surface area (Å²) in [6.07, 6.45) is 1.60. The molecule has 1 aliphatic rings. The molecule has 1 atom stereocenters. The summed E-state index contributed by atoms with van der Waals surface area (Å²) in [5.41, 5.74) is 0.749. The number of nitrogens with zero attached hydrogens (tertiary/aromatic N) is 1. The van der Waals surface area contributed by atoms with E-state index in [0.29, 0.717) is 5.02 Å². The van der Waals surface area contributed by atoms with Gasteiger partial charge in [0.1, 0.15) is 6.04 Å². The minimum Gasteiger partial charge on any atom is -0.464 e. The zero-order valence-electron chi connectivity index (χ0n) is 12.0. The van der Waals surface area contributed by atoms with E-state index in [1.807, 2.05) is 0 Å². The molecular formula is C15H14ClNO4S. The number of halogens is 1. The number of ether oxygens (including phenoxy) is 1. The van der Waals surface area contributed by atoms with Gasteiger partial charge in [-0.3, -0.25) is 14.5 Å². The smallest absolute Gasteiger partial charge is 0.329 e. The third-order valence-corrected chi connectivity index (χ3v) is 4.14. The lowest BCUT2D eigenvalue weighted by molar-refractivity contribution is -0.150. The van der Waals surface area contributed by atoms with Crippen molar-refractivity contribution >= 4 is 46.6 Å². The van der Waals surface area contributed by atoms with E-state index in [9.17, 15) is 14.4 Å². The maximum absolute atomic E-state index is 12.3. The van der Waals surface area contributed by atoms with E-state index in [-0.39, 0.29) is 11.5 Å². The fourth-order valence-electron chi connectivity index (χ4n) is 1.89. The number of carbonyl (C=O) groups is 3. The van der Waals surface area contributed by atoms with E-state index in [1.165, 1.54) is 6.92 Å². The van der Waals surface area contributed by atoms with Crippen molar-refractivity contribution in [3.8, 4) is 0 Å². The number of rotatable bonds is 4. The number of hydrogen-bond donors (Lipinski definition) is 0. The first kappa shape index (κ1) is 16.6. The first-order chi connectivity index (χ1) is 10.4. The average molecular weight is 340 g/mol. The summed E-state index contributed by atoms with van der Waals surface area (Å²) in [5, 5.41) is 0.104. The second-order valence-electron chi connectivity index (χ2n) is 4.53. The highest BCUT2D eigenvalue weighted by Crippen LogP contribution is 2.33. The van der Waals surface area contributed by atoms with Crippen molar-refractivity contribution in [3.63, 3.8) is 0 Å². The molecule has 1 aliphatic heterocycles. The molecule has 0 bridgehead atoms. The minimum absolute atomic E-state index is 0.194. The van der Waals surface area contributed by atoms with Crippen LogP contribution in [0.1, 0.15) is 19.4 Å². The van der Waals surface area contributed by atoms with Crippen molar-refractivity contribution in [1.82, 2.24) is 4.90 Å². The Morgan fingerprint density at radius 1 is 1.36 bits per heavy atom. The average Bonchev–Trinajstić information content (AvgIpc) is 2.75. The molecule has 0 aromatic heterocycles. The summed E-state index contributed by atoms with van der Waals surface area (Å²) in [7, 11) is 0. The van der Waals surface area contributed by atoms with Gasteiger partial charge < -0.3 is 4.74 Å². The monoisotopic (exact) mass is 339 g/mol. The third-order valence-electron chi connectivity index (χ3n) is 3.01. The number of amides is 2. The summed E-state index contributed by atoms with van der Waals surface area (Å²) < 4.78 is 4.85. The van der Waals surface area contributed by atoms with Crippen LogP contribution in [0.2, 0.25) is 5.02 Å². The molecule has 1 fully saturated rings. The predicted molar refractivity (Wildman–Crippen MR) is 85.4 cm³/mol. The summed E-state index contributed by atoms with van der Waals surface area (Å²) in [4.78, 5) is 37.2. The Morgan fingerprint density at radius 3 is 2.59 bits per heavy atom. The lowest BCUT2D eigenvalue weighted by Gasteiger charge is -2.19. The number of imide groups is 1. The fraction of sp³-hybridized carbons (Fsp3) is 0.267. The van der Waals surface area contributed by atoms with Crippen LogP contribution in [0.4, 0.5) is 4.79 Å². The molecule has 0 saturated carbocycles. The minimum atomic E-state index is -0.941. The van der Waals surface area contributed by atoms with E-state index in [2.05, 4.69) is 0 Å². The summed E-state index contributed by atoms with van der Waals surface area (Å²) in [6, 6.07) is 5.93. The predicted octanol–water partition coefficient (Wildman–Crippen LogP) is 3.33. The molecule has 22 heavy (non-hydrogen) atoms. The van der Waals surface area contributed by atoms with Crippen molar-refractivity contribution in [2.75, 3.05) is 6.61 Å². The first-order valence-electron chi connectivity index (χ1n) is 6.63. The van der Waals surface area contributed by atoms with Crippen LogP contribution in [0.5, 0.6) is 0 Å². The molecule has 7 heteroatoms. The fourth-order valence-corrected chi connectivity index (χ4v) is 2.93. The van der Waals surface area contributed by atoms with Crippen LogP contribution in [-0.2, 0) is 14.3 Å². The molecule has 1 heterocycles. The van der Waals surface area contributed by atoms with Gasteiger partial charge in [-0.25, -0.2) is 4.79 Å². The van der Waals surface area contributed by atoms with E-state index in [1.54, 1.807) is 37.3 Å². The highest BCUT2D eigenvalue weighted by molar-refractivity contribution is 8.18. The van der Waals surface area contributed by atoms with Gasteiger partial charge in [0.2, 0.25) is 0 Å². The van der Waals surface area contributed by atoms with Crippen LogP contribution in [0.25, 0.3) is 6.08 Å². The normalized spacial score (nSPS) is 18.0. The Hall–Kier alpha value is -1.79. The van der Waals surface area contributed by atoms with Crippen molar-refractivity contribution < 1.29 is 19.1 Å². The zero-order chi connectivity index (χ0) is 16.3. The summed E-state index contributed by atoms with van der Waals surface area (Å²) in [6.45, 7) is 3.33. The second-order valence-corrected chi connectivity index (χ2v) is 5.96. The van der Waals surface area contributed by atoms with Gasteiger partial charge >= 0.3 is 5.97 Å². The topological polar surface area (TPSA) is 63.7 Å². The van der Waals surface area contributed by atoms with Gasteiger partial charge in [0.15, 0.2) is 0 Å². The molecule has 116 valence electrons. The van der Waals surface area contributed by atoms with Crippen LogP contribution in [0.15, 0.2) is 29.2 Å². The van der Waals surface area contributed by atoms with Crippen molar-refractivity contribution in [2.24, 2.45) is 0 Å². The highest BCUT2D eigenvalue weighted by atomic mass is 35.5. The number of esters is 1. The van der Waals surface area contributed by atoms with Gasteiger partial charge in [-0.2, -0.15) is 0 Å². The Bertz CT molecular complexity index is 641. The van der Waals surface area contributed by atoms with Crippen LogP contribution < -0.4 is 0 Å². The van der Waals surface area contributed by atoms with Crippen molar-refractivity contribution in [1.29, 1.82) is 0 Å². The van der Waals surface area contributed by atoms with Crippen LogP contribution in [0.3, 0.4) is 0 Å². The summed E-state index contributed by atoms with van der Waals surface area (Å²) >= 11 is 6.61. The number of hydrogen-bond acceptors (Lipinski definition) is 5. The number of thioether (sulfide) groups is 1. The third kappa shape index (κ3) is 3.51. The van der Waals surface area contributed by atoms with Gasteiger partial charge in [0, 0.05) is 5.02 Å². The van der Waals surface area contributed by atoms with Gasteiger partial charge in [-0.1, -0.05) is 23.7 Å². The highest BCUT2D eigenvalue weighted by Gasteiger charge is 2.41. The van der Waals surface area contributed by atoms with Crippen molar-refractivity contribution in [3.05, 3.63) is 39.8 Å². The molecule has 0 aliphatic carbocycles. The van der Waals surface area contributed by atoms with Gasteiger partial charge in [0.05, 0.1) is 11.5 Å². The maximum Gasteiger partial charge on any atom is 0.329 e. The lowest BCUT2D eigenvalue weighted by Crippen LogP contribution is -2.42. The first-order valence-corrected chi connectivity index (χ1v) is 7.82. The molecule has 0 spiro atoms. The van der Waals surface area contributed by atoms with E-state index in [4.69, 9.17) is 16.3 Å². The van der Waals surface area contributed by atoms with E-state index >= 15 is 0 Å². The van der Waals surface area contributed by atoms with Crippen LogP contribution in [0, 0.1) is 0 Å². The zero-order valence-corrected chi connectivity index (χ0v) is 13.6. The molecule has 1 saturated heterocycles. The van der Waals surface area contributed by atoms with E-state index < -0.39 is 23.2 Å². The molecule has 1 aromatic rings. The van der Waals surface area contributed by atoms with Crippen molar-refractivity contribution in [2.45, 2.75) is 19.9 Å². The molecule has 2 rings (SSSR count). The Morgan fingerprint density at radius 2 is 2.00 bits per heavy atom. The van der Waals surface area contributed by atoms with Gasteiger partial charge in [-0.15, -0.1) is 0 Å². The summed E-state index contributed by atoms with van der Waals surface area (Å²) in [5.74, 6) is -1.09. The maximum atomic E-state index is 12.3.